The highest BCUT2D eigenvalue weighted by Gasteiger charge is 2.53. The summed E-state index contributed by atoms with van der Waals surface area (Å²) in [7, 11) is 0. The Labute approximate surface area is 75.9 Å². The molecule has 0 aromatic carbocycles. The zero-order chi connectivity index (χ0) is 9.69. The molecule has 76 valence electrons. The molecule has 2 aliphatic rings. The third-order valence-corrected chi connectivity index (χ3v) is 3.50. The van der Waals surface area contributed by atoms with Gasteiger partial charge in [0, 0.05) is 12.1 Å². The van der Waals surface area contributed by atoms with E-state index in [1.807, 2.05) is 11.8 Å². The quantitative estimate of drug-likeness (QED) is 0.571. The second-order valence-electron chi connectivity index (χ2n) is 4.49. The van der Waals surface area contributed by atoms with Crippen LogP contribution >= 0.6 is 0 Å². The molecule has 0 aromatic rings. The first-order valence-corrected chi connectivity index (χ1v) is 4.74. The highest BCUT2D eigenvalue weighted by atomic mass is 19.4. The van der Waals surface area contributed by atoms with Crippen molar-refractivity contribution in [1.29, 1.82) is 0 Å². The maximum absolute atomic E-state index is 12.4. The largest absolute Gasteiger partial charge is 0.393 e. The second kappa shape index (κ2) is 2.62. The van der Waals surface area contributed by atoms with Crippen LogP contribution in [0.5, 0.6) is 0 Å². The van der Waals surface area contributed by atoms with Gasteiger partial charge in [-0.1, -0.05) is 0 Å². The highest BCUT2D eigenvalue weighted by Crippen LogP contribution is 2.46. The molecule has 0 radical (unpaired) electrons. The molecule has 0 amide bonds. The summed E-state index contributed by atoms with van der Waals surface area (Å²) in [6.45, 7) is 3.04. The molecule has 0 bridgehead atoms. The number of nitrogens with zero attached hydrogens (tertiary/aromatic N) is 1. The Hall–Kier alpha value is -0.250. The maximum atomic E-state index is 12.4. The fraction of sp³-hybridized carbons (Fsp3) is 1.00. The van der Waals surface area contributed by atoms with Crippen molar-refractivity contribution in [2.75, 3.05) is 13.1 Å². The van der Waals surface area contributed by atoms with E-state index in [2.05, 4.69) is 0 Å². The zero-order valence-electron chi connectivity index (χ0n) is 7.69. The Kier molecular flexibility index (Phi) is 1.88. The van der Waals surface area contributed by atoms with Gasteiger partial charge in [-0.2, -0.15) is 13.2 Å². The molecule has 2 heterocycles. The standard InChI is InChI=1S/C9H14F3N/c1-8-3-2-4-13(8)6-7(5-8)9(10,11)12/h7H,2-6H2,1H3. The van der Waals surface area contributed by atoms with Gasteiger partial charge >= 0.3 is 6.18 Å². The molecule has 0 aliphatic carbocycles. The van der Waals surface area contributed by atoms with Crippen LogP contribution in [-0.4, -0.2) is 29.7 Å². The third-order valence-electron chi connectivity index (χ3n) is 3.50. The Balaban J connectivity index is 2.10. The van der Waals surface area contributed by atoms with Crippen LogP contribution < -0.4 is 0 Å². The van der Waals surface area contributed by atoms with Crippen LogP contribution in [0.3, 0.4) is 0 Å². The van der Waals surface area contributed by atoms with Crippen LogP contribution in [0.2, 0.25) is 0 Å². The van der Waals surface area contributed by atoms with E-state index < -0.39 is 12.1 Å². The summed E-state index contributed by atoms with van der Waals surface area (Å²) in [5.41, 5.74) is -0.153. The van der Waals surface area contributed by atoms with Crippen LogP contribution in [0, 0.1) is 5.92 Å². The summed E-state index contributed by atoms with van der Waals surface area (Å²) >= 11 is 0. The monoisotopic (exact) mass is 193 g/mol. The summed E-state index contributed by atoms with van der Waals surface area (Å²) in [4.78, 5) is 2.01. The van der Waals surface area contributed by atoms with E-state index in [1.54, 1.807) is 0 Å². The summed E-state index contributed by atoms with van der Waals surface area (Å²) in [6.07, 6.45) is -1.70. The van der Waals surface area contributed by atoms with Gasteiger partial charge in [-0.3, -0.25) is 4.90 Å². The normalized spacial score (nSPS) is 41.1. The van der Waals surface area contributed by atoms with E-state index in [9.17, 15) is 13.2 Å². The second-order valence-corrected chi connectivity index (χ2v) is 4.49. The third kappa shape index (κ3) is 1.45. The molecule has 2 rings (SSSR count). The molecule has 13 heavy (non-hydrogen) atoms. The molecule has 2 aliphatic heterocycles. The first-order chi connectivity index (χ1) is 5.92. The maximum Gasteiger partial charge on any atom is 0.393 e. The molecule has 4 heteroatoms. The Morgan fingerprint density at radius 3 is 2.62 bits per heavy atom. The van der Waals surface area contributed by atoms with E-state index in [1.165, 1.54) is 0 Å². The SMILES string of the molecule is CC12CCCN1CC(C(F)(F)F)C2. The van der Waals surface area contributed by atoms with Crippen LogP contribution in [0.15, 0.2) is 0 Å². The van der Waals surface area contributed by atoms with Crippen LogP contribution in [-0.2, 0) is 0 Å². The summed E-state index contributed by atoms with van der Waals surface area (Å²) in [6, 6.07) is 0. The van der Waals surface area contributed by atoms with E-state index in [0.717, 1.165) is 19.4 Å². The molecule has 0 spiro atoms. The first-order valence-electron chi connectivity index (χ1n) is 4.74. The smallest absolute Gasteiger partial charge is 0.297 e. The van der Waals surface area contributed by atoms with Crippen molar-refractivity contribution in [2.24, 2.45) is 5.92 Å². The number of fused-ring (bicyclic) bond motifs is 1. The van der Waals surface area contributed by atoms with Gasteiger partial charge in [-0.05, 0) is 32.7 Å². The molecule has 1 nitrogen and oxygen atoms in total. The number of hydrogen-bond acceptors (Lipinski definition) is 1. The van der Waals surface area contributed by atoms with Crippen LogP contribution in [0.25, 0.3) is 0 Å². The number of alkyl halides is 3. The molecule has 2 atom stereocenters. The lowest BCUT2D eigenvalue weighted by molar-refractivity contribution is -0.171. The van der Waals surface area contributed by atoms with E-state index in [0.29, 0.717) is 6.42 Å². The van der Waals surface area contributed by atoms with Crippen molar-refractivity contribution in [3.63, 3.8) is 0 Å². The fourth-order valence-electron chi connectivity index (χ4n) is 2.70. The minimum Gasteiger partial charge on any atom is -0.297 e. The van der Waals surface area contributed by atoms with Crippen LogP contribution in [0.4, 0.5) is 13.2 Å². The molecule has 2 saturated heterocycles. The van der Waals surface area contributed by atoms with Crippen molar-refractivity contribution in [3.05, 3.63) is 0 Å². The lowest BCUT2D eigenvalue weighted by Gasteiger charge is -2.26. The van der Waals surface area contributed by atoms with Gasteiger partial charge in [0.1, 0.15) is 0 Å². The topological polar surface area (TPSA) is 3.24 Å². The van der Waals surface area contributed by atoms with E-state index in [4.69, 9.17) is 0 Å². The van der Waals surface area contributed by atoms with Crippen LogP contribution in [0.1, 0.15) is 26.2 Å². The molecule has 0 aromatic heterocycles. The minimum absolute atomic E-state index is 0.153. The molecule has 2 unspecified atom stereocenters. The van der Waals surface area contributed by atoms with Gasteiger partial charge < -0.3 is 0 Å². The fourth-order valence-corrected chi connectivity index (χ4v) is 2.70. The van der Waals surface area contributed by atoms with Gasteiger partial charge in [0.15, 0.2) is 0 Å². The van der Waals surface area contributed by atoms with Crippen molar-refractivity contribution < 1.29 is 13.2 Å². The predicted molar refractivity (Wildman–Crippen MR) is 43.4 cm³/mol. The van der Waals surface area contributed by atoms with Crippen molar-refractivity contribution in [2.45, 2.75) is 37.9 Å². The molecule has 0 saturated carbocycles. The highest BCUT2D eigenvalue weighted by molar-refractivity contribution is 5.01. The Morgan fingerprint density at radius 1 is 1.38 bits per heavy atom. The first kappa shape index (κ1) is 9.31. The Morgan fingerprint density at radius 2 is 2.08 bits per heavy atom. The predicted octanol–water partition coefficient (Wildman–Crippen LogP) is 2.42. The van der Waals surface area contributed by atoms with Gasteiger partial charge in [0.05, 0.1) is 5.92 Å². The molecular weight excluding hydrogens is 179 g/mol. The van der Waals surface area contributed by atoms with Gasteiger partial charge in [-0.15, -0.1) is 0 Å². The van der Waals surface area contributed by atoms with Crippen molar-refractivity contribution >= 4 is 0 Å². The Bertz CT molecular complexity index is 213. The molecule has 2 fully saturated rings. The van der Waals surface area contributed by atoms with E-state index in [-0.39, 0.29) is 12.1 Å². The van der Waals surface area contributed by atoms with Gasteiger partial charge in [-0.25, -0.2) is 0 Å². The summed E-state index contributed by atoms with van der Waals surface area (Å²) in [5.74, 6) is -1.09. The van der Waals surface area contributed by atoms with E-state index >= 15 is 0 Å². The summed E-state index contributed by atoms with van der Waals surface area (Å²) < 4.78 is 37.2. The van der Waals surface area contributed by atoms with Gasteiger partial charge in [0.2, 0.25) is 0 Å². The van der Waals surface area contributed by atoms with Crippen molar-refractivity contribution in [1.82, 2.24) is 4.90 Å². The lowest BCUT2D eigenvalue weighted by atomic mass is 9.92. The number of halogens is 3. The zero-order valence-corrected chi connectivity index (χ0v) is 7.69. The number of rotatable bonds is 0. The number of hydrogen-bond donors (Lipinski definition) is 0. The summed E-state index contributed by atoms with van der Waals surface area (Å²) in [5, 5.41) is 0. The van der Waals surface area contributed by atoms with Crippen molar-refractivity contribution in [3.8, 4) is 0 Å². The average molecular weight is 193 g/mol. The average Bonchev–Trinajstić information content (AvgIpc) is 2.39. The minimum atomic E-state index is -3.99. The van der Waals surface area contributed by atoms with Gasteiger partial charge in [0.25, 0.3) is 0 Å². The lowest BCUT2D eigenvalue weighted by Crippen LogP contribution is -2.34. The molecular formula is C9H14F3N. The molecule has 0 N–H and O–H groups in total.